The van der Waals surface area contributed by atoms with E-state index in [9.17, 15) is 0 Å². The third kappa shape index (κ3) is 3.36. The number of aryl methyl sites for hydroxylation is 1. The number of halogens is 2. The van der Waals surface area contributed by atoms with Crippen LogP contribution in [0.5, 0.6) is 0 Å². The zero-order valence-corrected chi connectivity index (χ0v) is 14.1. The monoisotopic (exact) mass is 369 g/mol. The first-order valence-corrected chi connectivity index (χ1v) is 7.43. The van der Waals surface area contributed by atoms with Crippen LogP contribution >= 0.6 is 28.3 Å². The lowest BCUT2D eigenvalue weighted by Gasteiger charge is -2.34. The van der Waals surface area contributed by atoms with Crippen molar-refractivity contribution in [2.45, 2.75) is 31.7 Å². The summed E-state index contributed by atoms with van der Waals surface area (Å²) in [7, 11) is 0. The van der Waals surface area contributed by atoms with E-state index < -0.39 is 0 Å². The minimum atomic E-state index is -0.375. The molecule has 2 N–H and O–H groups in total. The van der Waals surface area contributed by atoms with E-state index in [0.29, 0.717) is 11.7 Å². The Labute approximate surface area is 138 Å². The van der Waals surface area contributed by atoms with Crippen LogP contribution in [-0.4, -0.2) is 10.1 Å². The summed E-state index contributed by atoms with van der Waals surface area (Å²) < 4.78 is 6.27. The summed E-state index contributed by atoms with van der Waals surface area (Å²) in [5.41, 5.74) is 8.08. The molecule has 1 aromatic heterocycles. The van der Waals surface area contributed by atoms with E-state index in [4.69, 9.17) is 10.3 Å². The van der Waals surface area contributed by atoms with Crippen molar-refractivity contribution in [1.29, 1.82) is 0 Å². The van der Waals surface area contributed by atoms with Crippen molar-refractivity contribution in [3.63, 3.8) is 0 Å². The lowest BCUT2D eigenvalue weighted by molar-refractivity contribution is 0.229. The second-order valence-electron chi connectivity index (χ2n) is 5.32. The summed E-state index contributed by atoms with van der Waals surface area (Å²) in [6.07, 6.45) is 6.75. The van der Waals surface area contributed by atoms with Gasteiger partial charge in [0.25, 0.3) is 5.89 Å². The molecule has 0 atom stereocenters. The molecule has 21 heavy (non-hydrogen) atoms. The maximum atomic E-state index is 6.17. The van der Waals surface area contributed by atoms with Crippen LogP contribution in [0.4, 0.5) is 0 Å². The van der Waals surface area contributed by atoms with Gasteiger partial charge in [-0.15, -0.1) is 12.4 Å². The molecule has 3 rings (SSSR count). The molecule has 0 radical (unpaired) electrons. The van der Waals surface area contributed by atoms with Crippen molar-refractivity contribution in [1.82, 2.24) is 10.1 Å². The van der Waals surface area contributed by atoms with E-state index in [1.165, 1.54) is 5.56 Å². The zero-order chi connectivity index (χ0) is 14.2. The molecule has 2 aromatic rings. The highest BCUT2D eigenvalue weighted by Gasteiger charge is 2.38. The van der Waals surface area contributed by atoms with Gasteiger partial charge in [0.15, 0.2) is 5.82 Å². The van der Waals surface area contributed by atoms with Crippen molar-refractivity contribution in [3.05, 3.63) is 45.5 Å². The van der Waals surface area contributed by atoms with Crippen LogP contribution in [0.1, 0.15) is 42.1 Å². The van der Waals surface area contributed by atoms with Crippen molar-refractivity contribution < 1.29 is 4.52 Å². The number of aromatic nitrogens is 2. The van der Waals surface area contributed by atoms with Gasteiger partial charge in [-0.1, -0.05) is 33.2 Å². The Morgan fingerprint density at radius 3 is 2.71 bits per heavy atom. The van der Waals surface area contributed by atoms with Gasteiger partial charge >= 0.3 is 0 Å². The van der Waals surface area contributed by atoms with E-state index in [1.54, 1.807) is 0 Å². The van der Waals surface area contributed by atoms with Gasteiger partial charge in [0.2, 0.25) is 0 Å². The van der Waals surface area contributed by atoms with Crippen LogP contribution in [0, 0.1) is 6.92 Å². The van der Waals surface area contributed by atoms with Gasteiger partial charge in [-0.25, -0.2) is 0 Å². The fourth-order valence-corrected chi connectivity index (χ4v) is 2.84. The van der Waals surface area contributed by atoms with E-state index >= 15 is 0 Å². The van der Waals surface area contributed by atoms with Crippen LogP contribution in [0.15, 0.2) is 27.2 Å². The average Bonchev–Trinajstić information content (AvgIpc) is 2.84. The molecule has 0 aliphatic heterocycles. The first-order chi connectivity index (χ1) is 9.57. The van der Waals surface area contributed by atoms with Gasteiger partial charge in [0.1, 0.15) is 0 Å². The summed E-state index contributed by atoms with van der Waals surface area (Å²) in [6, 6.07) is 6.18. The molecule has 0 saturated heterocycles. The number of benzene rings is 1. The molecule has 6 heteroatoms. The van der Waals surface area contributed by atoms with Crippen LogP contribution in [0.25, 0.3) is 12.2 Å². The van der Waals surface area contributed by atoms with E-state index in [0.717, 1.165) is 29.3 Å². The van der Waals surface area contributed by atoms with Crippen molar-refractivity contribution in [3.8, 4) is 0 Å². The summed E-state index contributed by atoms with van der Waals surface area (Å²) in [6.45, 7) is 2.06. The summed E-state index contributed by atoms with van der Waals surface area (Å²) in [4.78, 5) is 4.36. The SMILES string of the molecule is Cc1ccc(/C=C/c2nc(C3(N)CCC3)no2)c(Br)c1.Cl. The second kappa shape index (κ2) is 6.30. The largest absolute Gasteiger partial charge is 0.335 e. The molecular weight excluding hydrogens is 354 g/mol. The second-order valence-corrected chi connectivity index (χ2v) is 6.18. The average molecular weight is 371 g/mol. The van der Waals surface area contributed by atoms with Crippen LogP contribution < -0.4 is 5.73 Å². The summed E-state index contributed by atoms with van der Waals surface area (Å²) in [5, 5.41) is 3.98. The van der Waals surface area contributed by atoms with Crippen molar-refractivity contribution in [2.24, 2.45) is 5.73 Å². The number of rotatable bonds is 3. The standard InChI is InChI=1S/C15H16BrN3O.ClH/c1-10-3-4-11(12(16)9-10)5-6-13-18-14(19-20-13)15(17)7-2-8-15;/h3-6,9H,2,7-8,17H2,1H3;1H/b6-5+;. The number of nitrogens with two attached hydrogens (primary N) is 1. The highest BCUT2D eigenvalue weighted by atomic mass is 79.9. The molecule has 0 amide bonds. The maximum Gasteiger partial charge on any atom is 0.250 e. The predicted molar refractivity (Wildman–Crippen MR) is 89.1 cm³/mol. The highest BCUT2D eigenvalue weighted by molar-refractivity contribution is 9.10. The lowest BCUT2D eigenvalue weighted by Crippen LogP contribution is -2.44. The van der Waals surface area contributed by atoms with Crippen LogP contribution in [0.3, 0.4) is 0 Å². The summed E-state index contributed by atoms with van der Waals surface area (Å²) in [5.74, 6) is 1.11. The Hall–Kier alpha value is -1.17. The van der Waals surface area contributed by atoms with Crippen molar-refractivity contribution >= 4 is 40.5 Å². The number of hydrogen-bond donors (Lipinski definition) is 1. The molecule has 4 nitrogen and oxygen atoms in total. The minimum absolute atomic E-state index is 0. The molecule has 1 heterocycles. The molecular formula is C15H17BrClN3O. The number of nitrogens with zero attached hydrogens (tertiary/aromatic N) is 2. The Morgan fingerprint density at radius 2 is 2.10 bits per heavy atom. The smallest absolute Gasteiger partial charge is 0.250 e. The maximum absolute atomic E-state index is 6.17. The van der Waals surface area contributed by atoms with Crippen LogP contribution in [-0.2, 0) is 5.54 Å². The predicted octanol–water partition coefficient (Wildman–Crippen LogP) is 4.07. The third-order valence-corrected chi connectivity index (χ3v) is 4.38. The van der Waals surface area contributed by atoms with Gasteiger partial charge in [-0.3, -0.25) is 0 Å². The van der Waals surface area contributed by atoms with Gasteiger partial charge in [0.05, 0.1) is 5.54 Å². The summed E-state index contributed by atoms with van der Waals surface area (Å²) >= 11 is 3.54. The minimum Gasteiger partial charge on any atom is -0.335 e. The normalized spacial score (nSPS) is 16.5. The van der Waals surface area contributed by atoms with E-state index in [-0.39, 0.29) is 17.9 Å². The molecule has 112 valence electrons. The molecule has 0 bridgehead atoms. The fourth-order valence-electron chi connectivity index (χ4n) is 2.21. The molecule has 1 aliphatic rings. The topological polar surface area (TPSA) is 64.9 Å². The van der Waals surface area contributed by atoms with Gasteiger partial charge in [0, 0.05) is 10.5 Å². The molecule has 0 unspecified atom stereocenters. The quantitative estimate of drug-likeness (QED) is 0.884. The van der Waals surface area contributed by atoms with Crippen molar-refractivity contribution in [2.75, 3.05) is 0 Å². The Balaban J connectivity index is 0.00000161. The van der Waals surface area contributed by atoms with Gasteiger partial charge in [-0.2, -0.15) is 4.98 Å². The Kier molecular flexibility index (Phi) is 4.86. The van der Waals surface area contributed by atoms with Gasteiger partial charge < -0.3 is 10.3 Å². The first kappa shape index (κ1) is 16.2. The molecule has 1 fully saturated rings. The first-order valence-electron chi connectivity index (χ1n) is 6.64. The van der Waals surface area contributed by atoms with Crippen LogP contribution in [0.2, 0.25) is 0 Å². The molecule has 1 saturated carbocycles. The molecule has 0 spiro atoms. The molecule has 1 aliphatic carbocycles. The van der Waals surface area contributed by atoms with E-state index in [2.05, 4.69) is 45.1 Å². The number of hydrogen-bond acceptors (Lipinski definition) is 4. The fraction of sp³-hybridized carbons (Fsp3) is 0.333. The lowest BCUT2D eigenvalue weighted by atomic mass is 9.77. The zero-order valence-electron chi connectivity index (χ0n) is 11.7. The van der Waals surface area contributed by atoms with Gasteiger partial charge in [-0.05, 0) is 49.5 Å². The Bertz CT molecular complexity index is 665. The Morgan fingerprint density at radius 1 is 1.33 bits per heavy atom. The molecule has 1 aromatic carbocycles. The third-order valence-electron chi connectivity index (χ3n) is 3.69. The highest BCUT2D eigenvalue weighted by Crippen LogP contribution is 2.36. The van der Waals surface area contributed by atoms with E-state index in [1.807, 2.05) is 18.2 Å².